The molecule has 1 heterocycles. The van der Waals surface area contributed by atoms with Gasteiger partial charge >= 0.3 is 0 Å². The van der Waals surface area contributed by atoms with Crippen LogP contribution in [0.1, 0.15) is 25.0 Å². The van der Waals surface area contributed by atoms with Gasteiger partial charge in [0.25, 0.3) is 0 Å². The molecule has 0 saturated carbocycles. The maximum Gasteiger partial charge on any atom is 0.200 e. The summed E-state index contributed by atoms with van der Waals surface area (Å²) in [5, 5.41) is 1.07. The van der Waals surface area contributed by atoms with Crippen LogP contribution in [0.5, 0.6) is 0 Å². The van der Waals surface area contributed by atoms with E-state index in [-0.39, 0.29) is 12.2 Å². The van der Waals surface area contributed by atoms with Crippen LogP contribution in [0.25, 0.3) is 0 Å². The van der Waals surface area contributed by atoms with Crippen LogP contribution in [0.15, 0.2) is 42.5 Å². The van der Waals surface area contributed by atoms with Gasteiger partial charge in [-0.2, -0.15) is 0 Å². The van der Waals surface area contributed by atoms with Gasteiger partial charge < -0.3 is 19.9 Å². The van der Waals surface area contributed by atoms with Gasteiger partial charge in [-0.15, -0.1) is 0 Å². The summed E-state index contributed by atoms with van der Waals surface area (Å²) in [7, 11) is 0. The van der Waals surface area contributed by atoms with Crippen molar-refractivity contribution in [1.29, 1.82) is 0 Å². The van der Waals surface area contributed by atoms with Gasteiger partial charge in [0, 0.05) is 22.7 Å². The number of nitrogens with two attached hydrogens (primary N) is 1. The predicted octanol–water partition coefficient (Wildman–Crippen LogP) is 4.81. The van der Waals surface area contributed by atoms with Crippen molar-refractivity contribution in [2.24, 2.45) is 0 Å². The maximum atomic E-state index is 6.47. The highest BCUT2D eigenvalue weighted by molar-refractivity contribution is 6.35. The molecule has 0 radical (unpaired) electrons. The molecule has 2 aromatic rings. The van der Waals surface area contributed by atoms with E-state index in [0.717, 1.165) is 11.1 Å². The first-order valence-corrected chi connectivity index (χ1v) is 9.37. The number of hydrogen-bond donors (Lipinski definition) is 1. The second-order valence-electron chi connectivity index (χ2n) is 6.73. The van der Waals surface area contributed by atoms with Gasteiger partial charge in [-0.1, -0.05) is 41.4 Å². The Morgan fingerprint density at radius 1 is 1.23 bits per heavy atom. The average molecular weight is 396 g/mol. The summed E-state index contributed by atoms with van der Waals surface area (Å²) < 4.78 is 18.2. The van der Waals surface area contributed by atoms with E-state index in [0.29, 0.717) is 35.4 Å². The number of rotatable bonds is 6. The monoisotopic (exact) mass is 395 g/mol. The zero-order chi connectivity index (χ0) is 18.7. The SMILES string of the molecule is CC(C)OCC1COC(Cc2cccc(N)c2)(c2ccc(Cl)cc2Cl)O1. The fourth-order valence-corrected chi connectivity index (χ4v) is 3.60. The lowest BCUT2D eigenvalue weighted by Gasteiger charge is -2.30. The van der Waals surface area contributed by atoms with Crippen molar-refractivity contribution in [3.05, 3.63) is 63.6 Å². The molecule has 0 aliphatic carbocycles. The summed E-state index contributed by atoms with van der Waals surface area (Å²) in [5.41, 5.74) is 8.37. The molecule has 3 rings (SSSR count). The number of nitrogen functional groups attached to an aromatic ring is 1. The minimum atomic E-state index is -1.000. The van der Waals surface area contributed by atoms with E-state index in [1.165, 1.54) is 0 Å². The topological polar surface area (TPSA) is 53.7 Å². The highest BCUT2D eigenvalue weighted by atomic mass is 35.5. The molecule has 4 nitrogen and oxygen atoms in total. The summed E-state index contributed by atoms with van der Waals surface area (Å²) in [6.45, 7) is 4.87. The van der Waals surface area contributed by atoms with Gasteiger partial charge in [-0.05, 0) is 43.7 Å². The Bertz CT molecular complexity index is 768. The molecule has 0 aromatic heterocycles. The van der Waals surface area contributed by atoms with Gasteiger partial charge in [0.05, 0.1) is 24.3 Å². The molecule has 2 atom stereocenters. The van der Waals surface area contributed by atoms with Crippen molar-refractivity contribution in [3.8, 4) is 0 Å². The number of benzene rings is 2. The Kier molecular flexibility index (Phi) is 6.10. The van der Waals surface area contributed by atoms with Crippen LogP contribution in [-0.4, -0.2) is 25.4 Å². The van der Waals surface area contributed by atoms with Gasteiger partial charge in [0.15, 0.2) is 0 Å². The molecule has 2 aromatic carbocycles. The van der Waals surface area contributed by atoms with Crippen molar-refractivity contribution in [2.45, 2.75) is 38.3 Å². The Morgan fingerprint density at radius 2 is 2.04 bits per heavy atom. The Hall–Kier alpha value is -1.30. The van der Waals surface area contributed by atoms with Crippen LogP contribution < -0.4 is 5.73 Å². The quantitative estimate of drug-likeness (QED) is 0.712. The third kappa shape index (κ3) is 4.51. The highest BCUT2D eigenvalue weighted by Crippen LogP contribution is 2.41. The molecule has 0 bridgehead atoms. The molecule has 0 spiro atoms. The fourth-order valence-electron chi connectivity index (χ4n) is 3.05. The van der Waals surface area contributed by atoms with Gasteiger partial charge in [-0.3, -0.25) is 0 Å². The second-order valence-corrected chi connectivity index (χ2v) is 7.58. The summed E-state index contributed by atoms with van der Waals surface area (Å²) in [5.74, 6) is -1.000. The first kappa shape index (κ1) is 19.5. The summed E-state index contributed by atoms with van der Waals surface area (Å²) in [6.07, 6.45) is 0.434. The Morgan fingerprint density at radius 3 is 2.73 bits per heavy atom. The van der Waals surface area contributed by atoms with E-state index in [1.807, 2.05) is 44.2 Å². The van der Waals surface area contributed by atoms with Gasteiger partial charge in [-0.25, -0.2) is 0 Å². The lowest BCUT2D eigenvalue weighted by molar-refractivity contribution is -0.182. The van der Waals surface area contributed by atoms with E-state index in [9.17, 15) is 0 Å². The molecule has 2 unspecified atom stereocenters. The molecule has 1 aliphatic heterocycles. The Balaban J connectivity index is 1.91. The zero-order valence-corrected chi connectivity index (χ0v) is 16.4. The first-order valence-electron chi connectivity index (χ1n) is 8.61. The molecular formula is C20H23Cl2NO3. The maximum absolute atomic E-state index is 6.47. The number of hydrogen-bond acceptors (Lipinski definition) is 4. The normalized spacial score (nSPS) is 22.9. The van der Waals surface area contributed by atoms with Crippen LogP contribution >= 0.6 is 23.2 Å². The second kappa shape index (κ2) is 8.15. The van der Waals surface area contributed by atoms with Crippen LogP contribution in [0.2, 0.25) is 10.0 Å². The predicted molar refractivity (Wildman–Crippen MR) is 105 cm³/mol. The average Bonchev–Trinajstić information content (AvgIpc) is 2.97. The summed E-state index contributed by atoms with van der Waals surface area (Å²) in [6, 6.07) is 13.0. The molecule has 26 heavy (non-hydrogen) atoms. The smallest absolute Gasteiger partial charge is 0.200 e. The van der Waals surface area contributed by atoms with Crippen LogP contribution in [0.3, 0.4) is 0 Å². The van der Waals surface area contributed by atoms with Crippen molar-refractivity contribution in [3.63, 3.8) is 0 Å². The van der Waals surface area contributed by atoms with E-state index >= 15 is 0 Å². The minimum absolute atomic E-state index is 0.127. The number of anilines is 1. The molecule has 1 fully saturated rings. The fraction of sp³-hybridized carbons (Fsp3) is 0.400. The standard InChI is InChI=1S/C20H23Cl2NO3/c1-13(2)24-11-17-12-25-20(26-17,10-14-4-3-5-16(23)8-14)18-7-6-15(21)9-19(18)22/h3-9,13,17H,10-12,23H2,1-2H3. The van der Waals surface area contributed by atoms with Crippen LogP contribution in [0.4, 0.5) is 5.69 Å². The van der Waals surface area contributed by atoms with Gasteiger partial charge in [0.1, 0.15) is 6.10 Å². The van der Waals surface area contributed by atoms with E-state index < -0.39 is 5.79 Å². The molecule has 6 heteroatoms. The molecule has 140 valence electrons. The van der Waals surface area contributed by atoms with E-state index in [1.54, 1.807) is 12.1 Å². The van der Waals surface area contributed by atoms with Crippen LogP contribution in [0, 0.1) is 0 Å². The third-order valence-electron chi connectivity index (χ3n) is 4.20. The lowest BCUT2D eigenvalue weighted by atomic mass is 9.97. The lowest BCUT2D eigenvalue weighted by Crippen LogP contribution is -2.32. The van der Waals surface area contributed by atoms with Crippen molar-refractivity contribution in [1.82, 2.24) is 0 Å². The number of ether oxygens (including phenoxy) is 3. The Labute approximate surface area is 164 Å². The number of halogens is 2. The van der Waals surface area contributed by atoms with Crippen LogP contribution in [-0.2, 0) is 26.4 Å². The molecule has 2 N–H and O–H groups in total. The van der Waals surface area contributed by atoms with Gasteiger partial charge in [0.2, 0.25) is 5.79 Å². The third-order valence-corrected chi connectivity index (χ3v) is 4.75. The minimum Gasteiger partial charge on any atom is -0.399 e. The van der Waals surface area contributed by atoms with Crippen molar-refractivity contribution in [2.75, 3.05) is 18.9 Å². The summed E-state index contributed by atoms with van der Waals surface area (Å²) >= 11 is 12.5. The molecule has 1 aliphatic rings. The highest BCUT2D eigenvalue weighted by Gasteiger charge is 2.44. The summed E-state index contributed by atoms with van der Waals surface area (Å²) in [4.78, 5) is 0. The zero-order valence-electron chi connectivity index (χ0n) is 14.9. The van der Waals surface area contributed by atoms with E-state index in [2.05, 4.69) is 0 Å². The van der Waals surface area contributed by atoms with Crippen molar-refractivity contribution < 1.29 is 14.2 Å². The van der Waals surface area contributed by atoms with Crippen molar-refractivity contribution >= 4 is 28.9 Å². The van der Waals surface area contributed by atoms with E-state index in [4.69, 9.17) is 43.1 Å². The largest absolute Gasteiger partial charge is 0.399 e. The molecule has 0 amide bonds. The molecule has 1 saturated heterocycles. The molecular weight excluding hydrogens is 373 g/mol. The first-order chi connectivity index (χ1) is 12.4.